The fraction of sp³-hybridized carbons (Fsp3) is 0.583. The number of hydrogen-bond acceptors (Lipinski definition) is 6. The number of carbonyl (C=O) groups is 2. The van der Waals surface area contributed by atoms with Crippen molar-refractivity contribution in [2.45, 2.75) is 51.1 Å². The minimum atomic E-state index is -4.01. The van der Waals surface area contributed by atoms with Crippen LogP contribution >= 0.6 is 0 Å². The molecule has 0 spiro atoms. The van der Waals surface area contributed by atoms with E-state index in [1.54, 1.807) is 0 Å². The highest BCUT2D eigenvalue weighted by atomic mass is 32.2. The molecule has 1 aromatic heterocycles. The molecule has 0 saturated carbocycles. The molecule has 0 aliphatic heterocycles. The molecule has 0 radical (unpaired) electrons. The van der Waals surface area contributed by atoms with E-state index < -0.39 is 33.5 Å². The molecule has 22 heavy (non-hydrogen) atoms. The van der Waals surface area contributed by atoms with E-state index in [-0.39, 0.29) is 16.3 Å². The molecule has 3 N–H and O–H groups in total. The Hall–Kier alpha value is -1.94. The second-order valence-electron chi connectivity index (χ2n) is 5.42. The summed E-state index contributed by atoms with van der Waals surface area (Å²) in [5, 5.41) is 14.7. The van der Waals surface area contributed by atoms with Crippen LogP contribution in [0.15, 0.2) is 9.42 Å². The molecule has 0 aromatic carbocycles. The van der Waals surface area contributed by atoms with Crippen LogP contribution in [0.2, 0.25) is 0 Å². The molecule has 1 amide bonds. The lowest BCUT2D eigenvalue weighted by molar-refractivity contribution is -0.146. The van der Waals surface area contributed by atoms with Crippen LogP contribution in [0, 0.1) is 13.8 Å². The van der Waals surface area contributed by atoms with Crippen LogP contribution in [0.25, 0.3) is 0 Å². The zero-order valence-corrected chi connectivity index (χ0v) is 13.7. The van der Waals surface area contributed by atoms with Crippen LogP contribution < -0.4 is 10.0 Å². The summed E-state index contributed by atoms with van der Waals surface area (Å²) in [6, 6.07) is -1.17. The Morgan fingerprint density at radius 2 is 1.86 bits per heavy atom. The van der Waals surface area contributed by atoms with Gasteiger partial charge in [-0.25, -0.2) is 13.2 Å². The Labute approximate surface area is 128 Å². The Morgan fingerprint density at radius 3 is 2.27 bits per heavy atom. The molecule has 1 atom stereocenters. The van der Waals surface area contributed by atoms with Crippen molar-refractivity contribution in [1.82, 2.24) is 15.2 Å². The number of carboxylic acids is 1. The van der Waals surface area contributed by atoms with Crippen molar-refractivity contribution in [3.05, 3.63) is 11.5 Å². The average Bonchev–Trinajstić information content (AvgIpc) is 2.68. The molecule has 1 rings (SSSR count). The third-order valence-electron chi connectivity index (χ3n) is 2.93. The summed E-state index contributed by atoms with van der Waals surface area (Å²) in [5.41, 5.74) is -1.34. The average molecular weight is 333 g/mol. The fourth-order valence-corrected chi connectivity index (χ4v) is 3.21. The SMILES string of the molecule is Cc1noc(C)c1S(=O)(=O)NC(C)C(=O)NC(C)(C)C(=O)O. The van der Waals surface area contributed by atoms with Crippen LogP contribution in [-0.2, 0) is 19.6 Å². The van der Waals surface area contributed by atoms with Crippen LogP contribution in [0.5, 0.6) is 0 Å². The zero-order valence-electron chi connectivity index (χ0n) is 12.9. The number of rotatable bonds is 6. The molecular weight excluding hydrogens is 314 g/mol. The lowest BCUT2D eigenvalue weighted by Crippen LogP contribution is -2.55. The highest BCUT2D eigenvalue weighted by Gasteiger charge is 2.33. The molecule has 9 nitrogen and oxygen atoms in total. The molecule has 0 saturated heterocycles. The van der Waals surface area contributed by atoms with E-state index in [0.717, 1.165) is 0 Å². The van der Waals surface area contributed by atoms with E-state index in [2.05, 4.69) is 15.2 Å². The van der Waals surface area contributed by atoms with Gasteiger partial charge in [0.1, 0.15) is 16.1 Å². The van der Waals surface area contributed by atoms with Gasteiger partial charge in [-0.2, -0.15) is 4.72 Å². The van der Waals surface area contributed by atoms with Crippen molar-refractivity contribution in [2.24, 2.45) is 0 Å². The number of nitrogens with one attached hydrogen (secondary N) is 2. The first kappa shape index (κ1) is 18.1. The van der Waals surface area contributed by atoms with E-state index in [9.17, 15) is 18.0 Å². The molecule has 1 aromatic rings. The number of amides is 1. The number of nitrogens with zero attached hydrogens (tertiary/aromatic N) is 1. The summed E-state index contributed by atoms with van der Waals surface area (Å²) in [5.74, 6) is -1.90. The lowest BCUT2D eigenvalue weighted by atomic mass is 10.1. The Morgan fingerprint density at radius 1 is 1.32 bits per heavy atom. The van der Waals surface area contributed by atoms with Gasteiger partial charge in [0.05, 0.1) is 6.04 Å². The van der Waals surface area contributed by atoms with Gasteiger partial charge in [-0.15, -0.1) is 0 Å². The lowest BCUT2D eigenvalue weighted by Gasteiger charge is -2.23. The predicted molar refractivity (Wildman–Crippen MR) is 75.6 cm³/mol. The third-order valence-corrected chi connectivity index (χ3v) is 4.72. The molecule has 124 valence electrons. The van der Waals surface area contributed by atoms with Crippen molar-refractivity contribution in [3.63, 3.8) is 0 Å². The molecular formula is C12H19N3O6S. The Bertz CT molecular complexity index is 672. The highest BCUT2D eigenvalue weighted by Crippen LogP contribution is 2.18. The van der Waals surface area contributed by atoms with E-state index in [0.29, 0.717) is 0 Å². The van der Waals surface area contributed by atoms with Crippen molar-refractivity contribution in [3.8, 4) is 0 Å². The topological polar surface area (TPSA) is 139 Å². The summed E-state index contributed by atoms with van der Waals surface area (Å²) in [4.78, 5) is 22.8. The maximum absolute atomic E-state index is 12.2. The summed E-state index contributed by atoms with van der Waals surface area (Å²) in [6.07, 6.45) is 0. The monoisotopic (exact) mass is 333 g/mol. The number of hydrogen-bond donors (Lipinski definition) is 3. The van der Waals surface area contributed by atoms with Crippen molar-refractivity contribution in [2.75, 3.05) is 0 Å². The number of aliphatic carboxylic acids is 1. The van der Waals surface area contributed by atoms with Crippen molar-refractivity contribution < 1.29 is 27.6 Å². The minimum Gasteiger partial charge on any atom is -0.480 e. The molecule has 0 fully saturated rings. The summed E-state index contributed by atoms with van der Waals surface area (Å²) in [6.45, 7) is 6.80. The number of carboxylic acid groups (broad SMARTS) is 1. The first-order valence-electron chi connectivity index (χ1n) is 6.39. The summed E-state index contributed by atoms with van der Waals surface area (Å²) < 4.78 is 31.4. The highest BCUT2D eigenvalue weighted by molar-refractivity contribution is 7.89. The first-order chi connectivity index (χ1) is 9.88. The molecule has 10 heteroatoms. The Kier molecular flexibility index (Phi) is 4.98. The van der Waals surface area contributed by atoms with E-state index >= 15 is 0 Å². The van der Waals surface area contributed by atoms with Gasteiger partial charge in [0, 0.05) is 0 Å². The van der Waals surface area contributed by atoms with Gasteiger partial charge in [-0.05, 0) is 34.6 Å². The van der Waals surface area contributed by atoms with Gasteiger partial charge in [-0.1, -0.05) is 5.16 Å². The fourth-order valence-electron chi connectivity index (χ4n) is 1.67. The van der Waals surface area contributed by atoms with Gasteiger partial charge < -0.3 is 14.9 Å². The van der Waals surface area contributed by atoms with Gasteiger partial charge in [0.15, 0.2) is 5.76 Å². The third kappa shape index (κ3) is 3.83. The molecule has 1 heterocycles. The molecule has 0 aliphatic carbocycles. The molecule has 0 aliphatic rings. The Balaban J connectivity index is 2.91. The van der Waals surface area contributed by atoms with Crippen LogP contribution in [0.1, 0.15) is 32.2 Å². The normalized spacial score (nSPS) is 13.7. The predicted octanol–water partition coefficient (Wildman–Crippen LogP) is -0.0624. The van der Waals surface area contributed by atoms with Crippen molar-refractivity contribution >= 4 is 21.9 Å². The van der Waals surface area contributed by atoms with Gasteiger partial charge >= 0.3 is 5.97 Å². The van der Waals surface area contributed by atoms with Crippen LogP contribution in [-0.4, -0.2) is 42.1 Å². The van der Waals surface area contributed by atoms with Crippen LogP contribution in [0.4, 0.5) is 0 Å². The van der Waals surface area contributed by atoms with Gasteiger partial charge in [0.2, 0.25) is 15.9 Å². The van der Waals surface area contributed by atoms with Crippen LogP contribution in [0.3, 0.4) is 0 Å². The smallest absolute Gasteiger partial charge is 0.328 e. The quantitative estimate of drug-likeness (QED) is 0.662. The second kappa shape index (κ2) is 6.05. The first-order valence-corrected chi connectivity index (χ1v) is 7.87. The minimum absolute atomic E-state index is 0.100. The largest absolute Gasteiger partial charge is 0.480 e. The number of aryl methyl sites for hydroxylation is 2. The number of sulfonamides is 1. The van der Waals surface area contributed by atoms with Gasteiger partial charge in [0.25, 0.3) is 0 Å². The van der Waals surface area contributed by atoms with E-state index in [1.165, 1.54) is 34.6 Å². The van der Waals surface area contributed by atoms with Gasteiger partial charge in [-0.3, -0.25) is 4.79 Å². The maximum atomic E-state index is 12.2. The molecule has 1 unspecified atom stereocenters. The van der Waals surface area contributed by atoms with E-state index in [1.807, 2.05) is 0 Å². The standard InChI is InChI=1S/C12H19N3O6S/c1-6-9(8(3)21-14-6)22(19,20)15-7(2)10(16)13-12(4,5)11(17)18/h7,15H,1-5H3,(H,13,16)(H,17,18). The zero-order chi connectivity index (χ0) is 17.3. The van der Waals surface area contributed by atoms with E-state index in [4.69, 9.17) is 9.63 Å². The maximum Gasteiger partial charge on any atom is 0.328 e. The molecule has 0 bridgehead atoms. The summed E-state index contributed by atoms with van der Waals surface area (Å²) in [7, 11) is -4.01. The van der Waals surface area contributed by atoms with Crippen molar-refractivity contribution in [1.29, 1.82) is 0 Å². The number of aromatic nitrogens is 1. The second-order valence-corrected chi connectivity index (χ2v) is 7.07. The summed E-state index contributed by atoms with van der Waals surface area (Å²) >= 11 is 0. The number of carbonyl (C=O) groups excluding carboxylic acids is 1.